The first-order valence-electron chi connectivity index (χ1n) is 6.11. The van der Waals surface area contributed by atoms with Gasteiger partial charge < -0.3 is 10.2 Å². The van der Waals surface area contributed by atoms with Gasteiger partial charge in [0.1, 0.15) is 6.54 Å². The van der Waals surface area contributed by atoms with Gasteiger partial charge in [-0.2, -0.15) is 0 Å². The van der Waals surface area contributed by atoms with E-state index in [1.165, 1.54) is 24.2 Å². The third-order valence-corrected chi connectivity index (χ3v) is 2.95. The average molecular weight is 241 g/mol. The maximum Gasteiger partial charge on any atom is 0.243 e. The van der Waals surface area contributed by atoms with Crippen LogP contribution < -0.4 is 16.6 Å². The lowest BCUT2D eigenvalue weighted by Gasteiger charge is -2.24. The Morgan fingerprint density at radius 2 is 2.00 bits per heavy atom. The molecule has 98 valence electrons. The minimum Gasteiger partial charge on any atom is -0.353 e. The number of aliphatic imine (C=N–C) groups is 1. The van der Waals surface area contributed by atoms with Crippen molar-refractivity contribution in [1.29, 1.82) is 0 Å². The predicted octanol–water partition coefficient (Wildman–Crippen LogP) is -0.184. The first kappa shape index (κ1) is 13.8. The molecule has 0 aromatic heterocycles. The highest BCUT2D eigenvalue weighted by Gasteiger charge is 2.14. The summed E-state index contributed by atoms with van der Waals surface area (Å²) in [4.78, 5) is 17.0. The summed E-state index contributed by atoms with van der Waals surface area (Å²) in [5, 5.41) is 3.24. The van der Waals surface area contributed by atoms with Crippen LogP contribution >= 0.6 is 0 Å². The van der Waals surface area contributed by atoms with Gasteiger partial charge in [-0.3, -0.25) is 10.2 Å². The zero-order chi connectivity index (χ0) is 12.7. The molecule has 4 N–H and O–H groups in total. The molecule has 6 heteroatoms. The molecule has 0 aliphatic heterocycles. The molecule has 1 aliphatic carbocycles. The van der Waals surface area contributed by atoms with Crippen LogP contribution in [0.5, 0.6) is 0 Å². The predicted molar refractivity (Wildman–Crippen MR) is 68.3 cm³/mol. The number of nitrogens with one attached hydrogen (secondary N) is 2. The first-order valence-corrected chi connectivity index (χ1v) is 6.11. The molecule has 0 bridgehead atoms. The number of hydrogen-bond donors (Lipinski definition) is 3. The molecule has 0 atom stereocenters. The molecule has 0 heterocycles. The zero-order valence-corrected chi connectivity index (χ0v) is 10.7. The smallest absolute Gasteiger partial charge is 0.243 e. The number of nitrogens with two attached hydrogens (primary N) is 1. The monoisotopic (exact) mass is 241 g/mol. The molecule has 1 rings (SSSR count). The zero-order valence-electron chi connectivity index (χ0n) is 10.7. The van der Waals surface area contributed by atoms with Crippen LogP contribution in [0.25, 0.3) is 0 Å². The Labute approximate surface area is 103 Å². The van der Waals surface area contributed by atoms with Crippen molar-refractivity contribution in [3.63, 3.8) is 0 Å². The van der Waals surface area contributed by atoms with Gasteiger partial charge in [-0.1, -0.05) is 19.3 Å². The largest absolute Gasteiger partial charge is 0.353 e. The highest BCUT2D eigenvalue weighted by atomic mass is 16.2. The number of amides is 1. The third-order valence-electron chi connectivity index (χ3n) is 2.95. The van der Waals surface area contributed by atoms with Crippen molar-refractivity contribution >= 4 is 11.9 Å². The highest BCUT2D eigenvalue weighted by molar-refractivity contribution is 5.84. The highest BCUT2D eigenvalue weighted by Crippen LogP contribution is 2.16. The molecule has 0 aromatic carbocycles. The summed E-state index contributed by atoms with van der Waals surface area (Å²) < 4.78 is 0. The van der Waals surface area contributed by atoms with Crippen molar-refractivity contribution in [1.82, 2.24) is 15.6 Å². The summed E-state index contributed by atoms with van der Waals surface area (Å²) in [6.45, 7) is 0.117. The standard InChI is InChI=1S/C11H23N5O/c1-16(2)10(17)8-13-11(15-12)14-9-6-4-3-5-7-9/h9H,3-8,12H2,1-2H3,(H2,13,14,15). The molecular weight excluding hydrogens is 218 g/mol. The Morgan fingerprint density at radius 1 is 1.35 bits per heavy atom. The Bertz CT molecular complexity index is 271. The third kappa shape index (κ3) is 5.04. The van der Waals surface area contributed by atoms with E-state index in [-0.39, 0.29) is 12.5 Å². The SMILES string of the molecule is CN(C)C(=O)CN=C(NN)NC1CCCCC1. The van der Waals surface area contributed by atoms with E-state index in [0.29, 0.717) is 12.0 Å². The average Bonchev–Trinajstić information content (AvgIpc) is 2.35. The van der Waals surface area contributed by atoms with Gasteiger partial charge in [0.05, 0.1) is 0 Å². The van der Waals surface area contributed by atoms with Gasteiger partial charge in [-0.25, -0.2) is 10.8 Å². The molecule has 1 aliphatic rings. The van der Waals surface area contributed by atoms with Crippen LogP contribution in [0.4, 0.5) is 0 Å². The lowest BCUT2D eigenvalue weighted by atomic mass is 9.96. The van der Waals surface area contributed by atoms with E-state index in [0.717, 1.165) is 12.8 Å². The molecule has 17 heavy (non-hydrogen) atoms. The Morgan fingerprint density at radius 3 is 2.53 bits per heavy atom. The summed E-state index contributed by atoms with van der Waals surface area (Å²) >= 11 is 0. The van der Waals surface area contributed by atoms with E-state index in [2.05, 4.69) is 15.7 Å². The van der Waals surface area contributed by atoms with Gasteiger partial charge >= 0.3 is 0 Å². The number of hydrogen-bond acceptors (Lipinski definition) is 3. The van der Waals surface area contributed by atoms with Crippen LogP contribution in [-0.4, -0.2) is 43.4 Å². The quantitative estimate of drug-likeness (QED) is 0.277. The normalized spacial score (nSPS) is 17.7. The van der Waals surface area contributed by atoms with Crippen molar-refractivity contribution in [2.45, 2.75) is 38.1 Å². The van der Waals surface area contributed by atoms with E-state index in [1.807, 2.05) is 0 Å². The van der Waals surface area contributed by atoms with E-state index in [9.17, 15) is 4.79 Å². The van der Waals surface area contributed by atoms with E-state index < -0.39 is 0 Å². The fourth-order valence-electron chi connectivity index (χ4n) is 1.86. The summed E-state index contributed by atoms with van der Waals surface area (Å²) in [7, 11) is 3.42. The van der Waals surface area contributed by atoms with Crippen LogP contribution in [-0.2, 0) is 4.79 Å². The molecule has 0 saturated heterocycles. The van der Waals surface area contributed by atoms with Crippen molar-refractivity contribution in [2.24, 2.45) is 10.8 Å². The maximum atomic E-state index is 11.4. The molecule has 0 radical (unpaired) electrons. The van der Waals surface area contributed by atoms with Crippen molar-refractivity contribution in [3.05, 3.63) is 0 Å². The number of guanidine groups is 1. The second kappa shape index (κ2) is 7.11. The van der Waals surface area contributed by atoms with Crippen LogP contribution in [0.15, 0.2) is 4.99 Å². The van der Waals surface area contributed by atoms with Crippen LogP contribution in [0.1, 0.15) is 32.1 Å². The summed E-state index contributed by atoms with van der Waals surface area (Å²) in [5.74, 6) is 5.85. The Kier molecular flexibility index (Phi) is 5.76. The summed E-state index contributed by atoms with van der Waals surface area (Å²) in [6.07, 6.45) is 6.07. The van der Waals surface area contributed by atoms with Crippen LogP contribution in [0.2, 0.25) is 0 Å². The lowest BCUT2D eigenvalue weighted by Crippen LogP contribution is -2.47. The van der Waals surface area contributed by atoms with E-state index >= 15 is 0 Å². The molecule has 0 spiro atoms. The summed E-state index contributed by atoms with van der Waals surface area (Å²) in [6, 6.07) is 0.424. The number of likely N-dealkylation sites (N-methyl/N-ethyl adjacent to an activating group) is 1. The van der Waals surface area contributed by atoms with Gasteiger partial charge in [0, 0.05) is 20.1 Å². The van der Waals surface area contributed by atoms with Gasteiger partial charge in [0.25, 0.3) is 0 Å². The number of nitrogens with zero attached hydrogens (tertiary/aromatic N) is 2. The second-order valence-electron chi connectivity index (χ2n) is 4.58. The van der Waals surface area contributed by atoms with Crippen LogP contribution in [0.3, 0.4) is 0 Å². The van der Waals surface area contributed by atoms with Crippen molar-refractivity contribution in [3.8, 4) is 0 Å². The van der Waals surface area contributed by atoms with Crippen molar-refractivity contribution in [2.75, 3.05) is 20.6 Å². The first-order chi connectivity index (χ1) is 8.13. The minimum absolute atomic E-state index is 0.0387. The molecule has 1 fully saturated rings. The van der Waals surface area contributed by atoms with Gasteiger partial charge in [0.2, 0.25) is 11.9 Å². The lowest BCUT2D eigenvalue weighted by molar-refractivity contribution is -0.127. The fourth-order valence-corrected chi connectivity index (χ4v) is 1.86. The molecular formula is C11H23N5O. The number of rotatable bonds is 3. The molecule has 1 amide bonds. The van der Waals surface area contributed by atoms with E-state index in [4.69, 9.17) is 5.84 Å². The fraction of sp³-hybridized carbons (Fsp3) is 0.818. The maximum absolute atomic E-state index is 11.4. The summed E-state index contributed by atoms with van der Waals surface area (Å²) in [5.41, 5.74) is 2.51. The molecule has 6 nitrogen and oxygen atoms in total. The number of carbonyl (C=O) groups is 1. The van der Waals surface area contributed by atoms with Gasteiger partial charge in [-0.05, 0) is 12.8 Å². The van der Waals surface area contributed by atoms with Gasteiger partial charge in [-0.15, -0.1) is 0 Å². The van der Waals surface area contributed by atoms with Crippen molar-refractivity contribution < 1.29 is 4.79 Å². The van der Waals surface area contributed by atoms with Gasteiger partial charge in [0.15, 0.2) is 0 Å². The topological polar surface area (TPSA) is 82.8 Å². The molecule has 1 saturated carbocycles. The Balaban J connectivity index is 2.40. The second-order valence-corrected chi connectivity index (χ2v) is 4.58. The van der Waals surface area contributed by atoms with Crippen LogP contribution in [0, 0.1) is 0 Å². The Hall–Kier alpha value is -1.30. The van der Waals surface area contributed by atoms with E-state index in [1.54, 1.807) is 14.1 Å². The molecule has 0 aromatic rings. The number of carbonyl (C=O) groups excluding carboxylic acids is 1. The molecule has 0 unspecified atom stereocenters. The number of hydrazine groups is 1. The minimum atomic E-state index is -0.0387.